The van der Waals surface area contributed by atoms with Crippen LogP contribution < -0.4 is 0 Å². The number of aromatic amines is 1. The minimum absolute atomic E-state index is 0.275. The number of pyridine rings is 1. The summed E-state index contributed by atoms with van der Waals surface area (Å²) in [6.45, 7) is 2.81. The van der Waals surface area contributed by atoms with Crippen LogP contribution in [0.2, 0.25) is 0 Å². The molecule has 0 radical (unpaired) electrons. The lowest BCUT2D eigenvalue weighted by Gasteiger charge is -2.30. The molecule has 3 aromatic heterocycles. The summed E-state index contributed by atoms with van der Waals surface area (Å²) in [4.78, 5) is 18.5. The zero-order chi connectivity index (χ0) is 15.5. The molecule has 3 aromatic rings. The Morgan fingerprint density at radius 2 is 2.35 bits per heavy atom. The number of hydrogen-bond donors (Lipinski definition) is 1. The molecular weight excluding hydrogens is 292 g/mol. The Morgan fingerprint density at radius 3 is 3.17 bits per heavy atom. The molecule has 0 spiro atoms. The van der Waals surface area contributed by atoms with Gasteiger partial charge in [0.25, 0.3) is 0 Å². The van der Waals surface area contributed by atoms with E-state index < -0.39 is 0 Å². The van der Waals surface area contributed by atoms with E-state index in [1.807, 2.05) is 18.3 Å². The lowest BCUT2D eigenvalue weighted by atomic mass is 9.98. The van der Waals surface area contributed by atoms with E-state index in [9.17, 15) is 0 Å². The Morgan fingerprint density at radius 1 is 1.35 bits per heavy atom. The minimum atomic E-state index is 0.275. The van der Waals surface area contributed by atoms with E-state index in [0.29, 0.717) is 11.7 Å². The predicted molar refractivity (Wildman–Crippen MR) is 83.4 cm³/mol. The van der Waals surface area contributed by atoms with Gasteiger partial charge in [-0.25, -0.2) is 4.98 Å². The van der Waals surface area contributed by atoms with E-state index in [0.717, 1.165) is 43.9 Å². The van der Waals surface area contributed by atoms with Crippen LogP contribution in [-0.2, 0) is 6.54 Å². The van der Waals surface area contributed by atoms with Crippen LogP contribution in [0.25, 0.3) is 11.4 Å². The van der Waals surface area contributed by atoms with Crippen LogP contribution in [0.15, 0.2) is 41.4 Å². The van der Waals surface area contributed by atoms with Crippen LogP contribution in [0.5, 0.6) is 0 Å². The van der Waals surface area contributed by atoms with Gasteiger partial charge in [-0.15, -0.1) is 0 Å². The van der Waals surface area contributed by atoms with Crippen molar-refractivity contribution in [2.24, 2.45) is 0 Å². The van der Waals surface area contributed by atoms with Gasteiger partial charge in [0.15, 0.2) is 0 Å². The van der Waals surface area contributed by atoms with Crippen molar-refractivity contribution in [1.82, 2.24) is 30.0 Å². The molecular formula is C16H18N6O. The second-order valence-corrected chi connectivity index (χ2v) is 5.81. The highest BCUT2D eigenvalue weighted by molar-refractivity contribution is 5.51. The van der Waals surface area contributed by atoms with Crippen molar-refractivity contribution < 1.29 is 4.52 Å². The zero-order valence-electron chi connectivity index (χ0n) is 12.7. The van der Waals surface area contributed by atoms with Gasteiger partial charge in [-0.05, 0) is 31.5 Å². The van der Waals surface area contributed by atoms with Gasteiger partial charge in [-0.1, -0.05) is 5.16 Å². The summed E-state index contributed by atoms with van der Waals surface area (Å²) in [7, 11) is 0. The Labute approximate surface area is 133 Å². The van der Waals surface area contributed by atoms with E-state index in [1.54, 1.807) is 18.6 Å². The van der Waals surface area contributed by atoms with E-state index in [1.165, 1.54) is 0 Å². The van der Waals surface area contributed by atoms with Crippen molar-refractivity contribution in [2.45, 2.75) is 25.3 Å². The van der Waals surface area contributed by atoms with Crippen LogP contribution in [-0.4, -0.2) is 43.1 Å². The first-order valence-electron chi connectivity index (χ1n) is 7.83. The molecule has 4 rings (SSSR count). The second-order valence-electron chi connectivity index (χ2n) is 5.81. The topological polar surface area (TPSA) is 83.7 Å². The number of nitrogens with one attached hydrogen (secondary N) is 1. The highest BCUT2D eigenvalue weighted by atomic mass is 16.5. The maximum absolute atomic E-state index is 5.50. The van der Waals surface area contributed by atoms with Gasteiger partial charge in [0, 0.05) is 36.9 Å². The monoisotopic (exact) mass is 310 g/mol. The second kappa shape index (κ2) is 6.29. The fourth-order valence-corrected chi connectivity index (χ4v) is 3.01. The fourth-order valence-electron chi connectivity index (χ4n) is 3.01. The van der Waals surface area contributed by atoms with E-state index in [-0.39, 0.29) is 5.92 Å². The third-order valence-electron chi connectivity index (χ3n) is 4.14. The van der Waals surface area contributed by atoms with Crippen LogP contribution in [0.3, 0.4) is 0 Å². The number of nitrogens with zero attached hydrogens (tertiary/aromatic N) is 5. The van der Waals surface area contributed by atoms with Crippen molar-refractivity contribution in [3.8, 4) is 11.4 Å². The average molecular weight is 310 g/mol. The van der Waals surface area contributed by atoms with Gasteiger partial charge in [-0.3, -0.25) is 9.88 Å². The molecule has 118 valence electrons. The SMILES string of the molecule is c1cncc(-c2noc([C@@H]3CCCN(Cc4ncc[nH]4)C3)n2)c1. The molecule has 1 N–H and O–H groups in total. The van der Waals surface area contributed by atoms with Gasteiger partial charge >= 0.3 is 0 Å². The lowest BCUT2D eigenvalue weighted by molar-refractivity contribution is 0.177. The Balaban J connectivity index is 1.46. The number of likely N-dealkylation sites (tertiary alicyclic amines) is 1. The quantitative estimate of drug-likeness (QED) is 0.795. The normalized spacial score (nSPS) is 19.0. The molecule has 0 aliphatic carbocycles. The van der Waals surface area contributed by atoms with Crippen molar-refractivity contribution in [3.63, 3.8) is 0 Å². The number of hydrogen-bond acceptors (Lipinski definition) is 6. The first kappa shape index (κ1) is 14.1. The van der Waals surface area contributed by atoms with Gasteiger partial charge < -0.3 is 9.51 Å². The molecule has 4 heterocycles. The van der Waals surface area contributed by atoms with Crippen molar-refractivity contribution >= 4 is 0 Å². The van der Waals surface area contributed by atoms with Gasteiger partial charge in [0.1, 0.15) is 5.82 Å². The number of piperidine rings is 1. The zero-order valence-corrected chi connectivity index (χ0v) is 12.7. The Kier molecular flexibility index (Phi) is 3.85. The van der Waals surface area contributed by atoms with E-state index in [2.05, 4.69) is 30.0 Å². The molecule has 1 saturated heterocycles. The van der Waals surface area contributed by atoms with Gasteiger partial charge in [-0.2, -0.15) is 4.98 Å². The molecule has 7 nitrogen and oxygen atoms in total. The molecule has 1 atom stereocenters. The lowest BCUT2D eigenvalue weighted by Crippen LogP contribution is -2.34. The number of H-pyrrole nitrogens is 1. The van der Waals surface area contributed by atoms with Crippen LogP contribution in [0, 0.1) is 0 Å². The molecule has 1 fully saturated rings. The fraction of sp³-hybridized carbons (Fsp3) is 0.375. The summed E-state index contributed by atoms with van der Waals surface area (Å²) in [6.07, 6.45) is 9.32. The summed E-state index contributed by atoms with van der Waals surface area (Å²) in [5.74, 6) is 2.59. The molecule has 0 unspecified atom stereocenters. The first-order chi connectivity index (χ1) is 11.4. The van der Waals surface area contributed by atoms with E-state index in [4.69, 9.17) is 4.52 Å². The third-order valence-corrected chi connectivity index (χ3v) is 4.14. The van der Waals surface area contributed by atoms with Gasteiger partial charge in [0.05, 0.1) is 12.5 Å². The highest BCUT2D eigenvalue weighted by Crippen LogP contribution is 2.27. The standard InChI is InChI=1S/C16H18N6O/c1-3-12(9-17-5-1)15-20-16(23-21-15)13-4-2-8-22(10-13)11-14-18-6-7-19-14/h1,3,5-7,9,13H,2,4,8,10-11H2,(H,18,19)/t13-/m1/s1. The van der Waals surface area contributed by atoms with Crippen LogP contribution in [0.4, 0.5) is 0 Å². The summed E-state index contributed by atoms with van der Waals surface area (Å²) < 4.78 is 5.50. The summed E-state index contributed by atoms with van der Waals surface area (Å²) in [6, 6.07) is 3.81. The van der Waals surface area contributed by atoms with Gasteiger partial charge in [0.2, 0.25) is 11.7 Å². The molecule has 23 heavy (non-hydrogen) atoms. The Bertz CT molecular complexity index is 739. The maximum atomic E-state index is 5.50. The molecule has 7 heteroatoms. The molecule has 0 aromatic carbocycles. The van der Waals surface area contributed by atoms with Crippen molar-refractivity contribution in [3.05, 3.63) is 48.6 Å². The maximum Gasteiger partial charge on any atom is 0.231 e. The number of aromatic nitrogens is 5. The average Bonchev–Trinajstić information content (AvgIpc) is 3.28. The molecule has 1 aliphatic heterocycles. The van der Waals surface area contributed by atoms with Crippen molar-refractivity contribution in [2.75, 3.05) is 13.1 Å². The van der Waals surface area contributed by atoms with Crippen molar-refractivity contribution in [1.29, 1.82) is 0 Å². The third kappa shape index (κ3) is 3.14. The summed E-state index contributed by atoms with van der Waals surface area (Å²) >= 11 is 0. The molecule has 0 amide bonds. The largest absolute Gasteiger partial charge is 0.348 e. The Hall–Kier alpha value is -2.54. The summed E-state index contributed by atoms with van der Waals surface area (Å²) in [5.41, 5.74) is 0.880. The number of rotatable bonds is 4. The first-order valence-corrected chi connectivity index (χ1v) is 7.83. The van der Waals surface area contributed by atoms with Crippen LogP contribution >= 0.6 is 0 Å². The van der Waals surface area contributed by atoms with Crippen LogP contribution in [0.1, 0.15) is 30.5 Å². The molecule has 0 saturated carbocycles. The molecule has 1 aliphatic rings. The summed E-state index contributed by atoms with van der Waals surface area (Å²) in [5, 5.41) is 4.10. The molecule has 0 bridgehead atoms. The smallest absolute Gasteiger partial charge is 0.231 e. The predicted octanol–water partition coefficient (Wildman–Crippen LogP) is 2.23. The minimum Gasteiger partial charge on any atom is -0.348 e. The van der Waals surface area contributed by atoms with E-state index >= 15 is 0 Å². The number of imidazole rings is 1. The highest BCUT2D eigenvalue weighted by Gasteiger charge is 2.26.